The maximum atomic E-state index is 13.3. The fourth-order valence-corrected chi connectivity index (χ4v) is 1.69. The average Bonchev–Trinajstić information content (AvgIpc) is 2.16. The molecule has 0 aliphatic rings. The molecule has 0 atom stereocenters. The van der Waals surface area contributed by atoms with Gasteiger partial charge in [0.25, 0.3) is 0 Å². The van der Waals surface area contributed by atoms with Crippen molar-refractivity contribution >= 4 is 6.29 Å². The summed E-state index contributed by atoms with van der Waals surface area (Å²) in [6.07, 6.45) is 0.960. The van der Waals surface area contributed by atoms with Crippen molar-refractivity contribution in [2.24, 2.45) is 0 Å². The van der Waals surface area contributed by atoms with Gasteiger partial charge < -0.3 is 0 Å². The van der Waals surface area contributed by atoms with E-state index in [9.17, 15) is 13.6 Å². The lowest BCUT2D eigenvalue weighted by atomic mass is 9.95. The zero-order chi connectivity index (χ0) is 10.9. The lowest BCUT2D eigenvalue weighted by Gasteiger charge is -2.12. The van der Waals surface area contributed by atoms with Crippen molar-refractivity contribution in [1.82, 2.24) is 0 Å². The topological polar surface area (TPSA) is 17.1 Å². The number of carbonyl (C=O) groups excluding carboxylic acids is 1. The van der Waals surface area contributed by atoms with E-state index in [1.54, 1.807) is 6.92 Å². The summed E-state index contributed by atoms with van der Waals surface area (Å²) in [6.45, 7) is 5.01. The molecule has 0 saturated heterocycles. The van der Waals surface area contributed by atoms with Crippen molar-refractivity contribution in [3.8, 4) is 0 Å². The first-order valence-electron chi connectivity index (χ1n) is 4.46. The van der Waals surface area contributed by atoms with Crippen LogP contribution in [-0.4, -0.2) is 6.29 Å². The van der Waals surface area contributed by atoms with Gasteiger partial charge in [0.05, 0.1) is 5.56 Å². The van der Waals surface area contributed by atoms with Gasteiger partial charge in [0.15, 0.2) is 17.9 Å². The van der Waals surface area contributed by atoms with Gasteiger partial charge in [-0.15, -0.1) is 0 Å². The zero-order valence-electron chi connectivity index (χ0n) is 8.45. The molecule has 0 fully saturated rings. The van der Waals surface area contributed by atoms with E-state index >= 15 is 0 Å². The van der Waals surface area contributed by atoms with E-state index in [1.165, 1.54) is 6.92 Å². The van der Waals surface area contributed by atoms with Crippen molar-refractivity contribution < 1.29 is 13.6 Å². The normalized spacial score (nSPS) is 10.4. The quantitative estimate of drug-likeness (QED) is 0.668. The van der Waals surface area contributed by atoms with Crippen LogP contribution in [0.2, 0.25) is 0 Å². The molecule has 0 saturated carbocycles. The second-order valence-corrected chi connectivity index (χ2v) is 3.24. The molecule has 1 rings (SSSR count). The van der Waals surface area contributed by atoms with Crippen molar-refractivity contribution in [2.75, 3.05) is 0 Å². The third-order valence-electron chi connectivity index (χ3n) is 2.54. The van der Waals surface area contributed by atoms with E-state index in [4.69, 9.17) is 0 Å². The first-order chi connectivity index (χ1) is 6.54. The first kappa shape index (κ1) is 10.8. The summed E-state index contributed by atoms with van der Waals surface area (Å²) in [6, 6.07) is 0. The molecule has 76 valence electrons. The third-order valence-corrected chi connectivity index (χ3v) is 2.54. The van der Waals surface area contributed by atoms with Gasteiger partial charge in [0.2, 0.25) is 0 Å². The Labute approximate surface area is 81.7 Å². The largest absolute Gasteiger partial charge is 0.298 e. The molecule has 1 aromatic carbocycles. The summed E-state index contributed by atoms with van der Waals surface area (Å²) in [5.41, 5.74) is 1.39. The van der Waals surface area contributed by atoms with E-state index in [0.717, 1.165) is 0 Å². The molecule has 0 N–H and O–H groups in total. The molecule has 14 heavy (non-hydrogen) atoms. The van der Waals surface area contributed by atoms with E-state index in [2.05, 4.69) is 0 Å². The Morgan fingerprint density at radius 1 is 1.14 bits per heavy atom. The van der Waals surface area contributed by atoms with Crippen LogP contribution < -0.4 is 0 Å². The molecular formula is C11H12F2O. The van der Waals surface area contributed by atoms with E-state index in [0.29, 0.717) is 29.4 Å². The van der Waals surface area contributed by atoms with Crippen LogP contribution in [0.1, 0.15) is 34.0 Å². The van der Waals surface area contributed by atoms with Crippen molar-refractivity contribution in [3.05, 3.63) is 33.9 Å². The van der Waals surface area contributed by atoms with Crippen LogP contribution in [0.15, 0.2) is 0 Å². The Hall–Kier alpha value is -1.25. The fourth-order valence-electron chi connectivity index (χ4n) is 1.69. The number of carbonyl (C=O) groups is 1. The predicted molar refractivity (Wildman–Crippen MR) is 50.6 cm³/mol. The van der Waals surface area contributed by atoms with E-state index in [1.807, 2.05) is 6.92 Å². The van der Waals surface area contributed by atoms with Gasteiger partial charge in [-0.05, 0) is 37.0 Å². The van der Waals surface area contributed by atoms with Crippen molar-refractivity contribution in [3.63, 3.8) is 0 Å². The average molecular weight is 198 g/mol. The summed E-state index contributed by atoms with van der Waals surface area (Å²) in [7, 11) is 0. The lowest BCUT2D eigenvalue weighted by Crippen LogP contribution is -2.05. The van der Waals surface area contributed by atoms with Gasteiger partial charge in [-0.25, -0.2) is 8.78 Å². The SMILES string of the molecule is CCc1c(C)c(F)c(F)c(C=O)c1C. The number of benzene rings is 1. The van der Waals surface area contributed by atoms with Crippen LogP contribution in [0, 0.1) is 25.5 Å². The maximum Gasteiger partial charge on any atom is 0.169 e. The number of hydrogen-bond donors (Lipinski definition) is 0. The van der Waals surface area contributed by atoms with Gasteiger partial charge in [-0.3, -0.25) is 4.79 Å². The van der Waals surface area contributed by atoms with Gasteiger partial charge in [-0.1, -0.05) is 6.92 Å². The summed E-state index contributed by atoms with van der Waals surface area (Å²) in [5, 5.41) is 0. The second kappa shape index (κ2) is 3.86. The number of rotatable bonds is 2. The van der Waals surface area contributed by atoms with Crippen LogP contribution in [0.4, 0.5) is 8.78 Å². The Morgan fingerprint density at radius 2 is 1.71 bits per heavy atom. The number of halogens is 2. The minimum atomic E-state index is -1.04. The molecule has 1 aromatic rings. The predicted octanol–water partition coefficient (Wildman–Crippen LogP) is 2.96. The van der Waals surface area contributed by atoms with Crippen LogP contribution in [0.3, 0.4) is 0 Å². The van der Waals surface area contributed by atoms with E-state index < -0.39 is 11.6 Å². The highest BCUT2D eigenvalue weighted by Gasteiger charge is 2.18. The van der Waals surface area contributed by atoms with Crippen LogP contribution in [0.25, 0.3) is 0 Å². The Morgan fingerprint density at radius 3 is 2.14 bits per heavy atom. The molecule has 0 aliphatic carbocycles. The number of hydrogen-bond acceptors (Lipinski definition) is 1. The monoisotopic (exact) mass is 198 g/mol. The molecule has 0 heterocycles. The van der Waals surface area contributed by atoms with Crippen molar-refractivity contribution in [1.29, 1.82) is 0 Å². The zero-order valence-corrected chi connectivity index (χ0v) is 8.45. The molecule has 0 bridgehead atoms. The Bertz CT molecular complexity index is 384. The van der Waals surface area contributed by atoms with Crippen LogP contribution >= 0.6 is 0 Å². The summed E-state index contributed by atoms with van der Waals surface area (Å²) in [4.78, 5) is 10.6. The second-order valence-electron chi connectivity index (χ2n) is 3.24. The summed E-state index contributed by atoms with van der Waals surface area (Å²) in [5.74, 6) is -1.94. The highest BCUT2D eigenvalue weighted by Crippen LogP contribution is 2.24. The fraction of sp³-hybridized carbons (Fsp3) is 0.364. The first-order valence-corrected chi connectivity index (χ1v) is 4.46. The minimum absolute atomic E-state index is 0.162. The van der Waals surface area contributed by atoms with Crippen molar-refractivity contribution in [2.45, 2.75) is 27.2 Å². The van der Waals surface area contributed by atoms with Crippen LogP contribution in [0.5, 0.6) is 0 Å². The van der Waals surface area contributed by atoms with Gasteiger partial charge in [0, 0.05) is 0 Å². The summed E-state index contributed by atoms with van der Waals surface area (Å²) >= 11 is 0. The molecule has 0 aliphatic heterocycles. The highest BCUT2D eigenvalue weighted by molar-refractivity contribution is 5.78. The smallest absolute Gasteiger partial charge is 0.169 e. The molecule has 0 amide bonds. The minimum Gasteiger partial charge on any atom is -0.298 e. The summed E-state index contributed by atoms with van der Waals surface area (Å²) < 4.78 is 26.5. The lowest BCUT2D eigenvalue weighted by molar-refractivity contribution is 0.111. The third kappa shape index (κ3) is 1.43. The molecule has 0 radical (unpaired) electrons. The van der Waals surface area contributed by atoms with Gasteiger partial charge >= 0.3 is 0 Å². The molecule has 3 heteroatoms. The number of aldehydes is 1. The maximum absolute atomic E-state index is 13.3. The van der Waals surface area contributed by atoms with E-state index in [-0.39, 0.29) is 5.56 Å². The Balaban J connectivity index is 3.64. The highest BCUT2D eigenvalue weighted by atomic mass is 19.2. The molecule has 1 nitrogen and oxygen atoms in total. The Kier molecular flexibility index (Phi) is 2.99. The molecule has 0 unspecified atom stereocenters. The molecule has 0 spiro atoms. The standard InChI is InChI=1S/C11H12F2O/c1-4-8-6(2)9(5-14)11(13)10(12)7(8)3/h5H,4H2,1-3H3. The molecule has 0 aromatic heterocycles. The van der Waals surface area contributed by atoms with Gasteiger partial charge in [-0.2, -0.15) is 0 Å². The molecular weight excluding hydrogens is 186 g/mol. The van der Waals surface area contributed by atoms with Crippen LogP contribution in [-0.2, 0) is 6.42 Å². The van der Waals surface area contributed by atoms with Gasteiger partial charge in [0.1, 0.15) is 0 Å².